The summed E-state index contributed by atoms with van der Waals surface area (Å²) in [5.74, 6) is 0.524. The molecule has 0 fully saturated rings. The number of nitrogens with zero attached hydrogens (tertiary/aromatic N) is 2. The lowest BCUT2D eigenvalue weighted by atomic mass is 10.2. The summed E-state index contributed by atoms with van der Waals surface area (Å²) in [6.07, 6.45) is 2.03. The Hall–Kier alpha value is -1.24. The monoisotopic (exact) mass is 333 g/mol. The van der Waals surface area contributed by atoms with Crippen molar-refractivity contribution in [2.75, 3.05) is 10.6 Å². The fourth-order valence-electron chi connectivity index (χ4n) is 1.75. The van der Waals surface area contributed by atoms with Gasteiger partial charge in [0.25, 0.3) is 10.0 Å². The number of aromatic nitrogens is 2. The molecule has 1 aromatic carbocycles. The zero-order chi connectivity index (χ0) is 14.8. The smallest absolute Gasteiger partial charge is 0.278 e. The molecule has 2 aromatic rings. The van der Waals surface area contributed by atoms with E-state index in [0.29, 0.717) is 11.6 Å². The summed E-state index contributed by atoms with van der Waals surface area (Å²) in [6, 6.07) is 7.02. The van der Waals surface area contributed by atoms with E-state index in [1.54, 1.807) is 12.1 Å². The van der Waals surface area contributed by atoms with Crippen LogP contribution in [0.15, 0.2) is 35.5 Å². The summed E-state index contributed by atoms with van der Waals surface area (Å²) in [4.78, 5) is 0. The molecular weight excluding hydrogens is 321 g/mol. The number of hydrogen-bond donors (Lipinski definition) is 1. The van der Waals surface area contributed by atoms with Crippen LogP contribution >= 0.6 is 23.2 Å². The van der Waals surface area contributed by atoms with Crippen molar-refractivity contribution < 1.29 is 8.42 Å². The number of rotatable bonds is 5. The van der Waals surface area contributed by atoms with Crippen molar-refractivity contribution in [2.24, 2.45) is 7.05 Å². The van der Waals surface area contributed by atoms with Gasteiger partial charge in [-0.1, -0.05) is 23.7 Å². The molecule has 0 amide bonds. The molecule has 1 aromatic heterocycles. The summed E-state index contributed by atoms with van der Waals surface area (Å²) in [5.41, 5.74) is 1.50. The second-order valence-corrected chi connectivity index (χ2v) is 6.55. The number of aryl methyl sites for hydroxylation is 2. The number of anilines is 1. The van der Waals surface area contributed by atoms with Gasteiger partial charge in [0.1, 0.15) is 0 Å². The zero-order valence-corrected chi connectivity index (χ0v) is 13.0. The molecule has 108 valence electrons. The highest BCUT2D eigenvalue weighted by atomic mass is 35.5. The van der Waals surface area contributed by atoms with E-state index in [0.717, 1.165) is 12.0 Å². The highest BCUT2D eigenvalue weighted by molar-refractivity contribution is 7.92. The van der Waals surface area contributed by atoms with Crippen LogP contribution in [0.25, 0.3) is 0 Å². The molecular formula is C12H13Cl2N3O2S. The molecule has 0 saturated carbocycles. The van der Waals surface area contributed by atoms with Crippen LogP contribution in [0.1, 0.15) is 5.56 Å². The molecule has 0 atom stereocenters. The first-order chi connectivity index (χ1) is 9.44. The molecule has 0 aliphatic rings. The second-order valence-electron chi connectivity index (χ2n) is 4.16. The first kappa shape index (κ1) is 15.2. The van der Waals surface area contributed by atoms with E-state index >= 15 is 0 Å². The van der Waals surface area contributed by atoms with Gasteiger partial charge in [0.2, 0.25) is 0 Å². The summed E-state index contributed by atoms with van der Waals surface area (Å²) in [6.45, 7) is 0. The largest absolute Gasteiger partial charge is 0.280 e. The molecule has 0 radical (unpaired) electrons. The Kier molecular flexibility index (Phi) is 4.57. The maximum atomic E-state index is 12.2. The van der Waals surface area contributed by atoms with E-state index in [1.165, 1.54) is 17.9 Å². The average Bonchev–Trinajstić information content (AvgIpc) is 2.72. The predicted molar refractivity (Wildman–Crippen MR) is 79.9 cm³/mol. The van der Waals surface area contributed by atoms with Crippen molar-refractivity contribution >= 4 is 38.9 Å². The number of sulfonamides is 1. The molecule has 20 heavy (non-hydrogen) atoms. The third kappa shape index (κ3) is 3.26. The summed E-state index contributed by atoms with van der Waals surface area (Å²) in [5, 5.41) is 3.83. The van der Waals surface area contributed by atoms with Crippen LogP contribution < -0.4 is 4.72 Å². The summed E-state index contributed by atoms with van der Waals surface area (Å²) < 4.78 is 28.2. The highest BCUT2D eigenvalue weighted by Crippen LogP contribution is 2.23. The molecule has 0 spiro atoms. The molecule has 1 heterocycles. The predicted octanol–water partition coefficient (Wildman–Crippen LogP) is 2.66. The lowest BCUT2D eigenvalue weighted by molar-refractivity contribution is 0.582. The van der Waals surface area contributed by atoms with Gasteiger partial charge in [-0.15, -0.1) is 11.6 Å². The van der Waals surface area contributed by atoms with E-state index in [1.807, 2.05) is 12.1 Å². The number of halogens is 2. The van der Waals surface area contributed by atoms with Gasteiger partial charge in [0.15, 0.2) is 5.03 Å². The molecule has 8 heteroatoms. The van der Waals surface area contributed by atoms with Crippen molar-refractivity contribution in [3.05, 3.63) is 41.0 Å². The molecule has 0 bridgehead atoms. The summed E-state index contributed by atoms with van der Waals surface area (Å²) >= 11 is 11.5. The topological polar surface area (TPSA) is 64.0 Å². The van der Waals surface area contributed by atoms with E-state index < -0.39 is 10.0 Å². The number of hydrogen-bond acceptors (Lipinski definition) is 3. The quantitative estimate of drug-likeness (QED) is 0.855. The lowest BCUT2D eigenvalue weighted by Gasteiger charge is -2.09. The minimum atomic E-state index is -3.76. The SMILES string of the molecule is Cn1ncc(Cl)c1S(=O)(=O)Nc1ccc(CCCl)cc1. The first-order valence-corrected chi connectivity index (χ1v) is 8.19. The van der Waals surface area contributed by atoms with Crippen LogP contribution in [0.3, 0.4) is 0 Å². The Morgan fingerprint density at radius 2 is 1.95 bits per heavy atom. The average molecular weight is 334 g/mol. The Balaban J connectivity index is 2.24. The Morgan fingerprint density at radius 1 is 1.30 bits per heavy atom. The van der Waals surface area contributed by atoms with Crippen molar-refractivity contribution in [1.82, 2.24) is 9.78 Å². The van der Waals surface area contributed by atoms with Gasteiger partial charge in [-0.05, 0) is 24.1 Å². The lowest BCUT2D eigenvalue weighted by Crippen LogP contribution is -2.17. The molecule has 0 aliphatic heterocycles. The minimum absolute atomic E-state index is 0.0657. The maximum absolute atomic E-state index is 12.2. The van der Waals surface area contributed by atoms with Gasteiger partial charge in [0.05, 0.1) is 11.2 Å². The van der Waals surface area contributed by atoms with Crippen molar-refractivity contribution in [2.45, 2.75) is 11.4 Å². The number of nitrogens with one attached hydrogen (secondary N) is 1. The third-order valence-electron chi connectivity index (χ3n) is 2.69. The molecule has 1 N–H and O–H groups in total. The molecule has 5 nitrogen and oxygen atoms in total. The van der Waals surface area contributed by atoms with E-state index in [4.69, 9.17) is 23.2 Å². The van der Waals surface area contributed by atoms with Gasteiger partial charge >= 0.3 is 0 Å². The van der Waals surface area contributed by atoms with Crippen molar-refractivity contribution in [3.63, 3.8) is 0 Å². The Labute approximate surface area is 127 Å². The van der Waals surface area contributed by atoms with Crippen LogP contribution in [0.2, 0.25) is 5.02 Å². The van der Waals surface area contributed by atoms with Gasteiger partial charge in [0, 0.05) is 18.6 Å². The summed E-state index contributed by atoms with van der Waals surface area (Å²) in [7, 11) is -2.25. The third-order valence-corrected chi connectivity index (χ3v) is 4.76. The van der Waals surface area contributed by atoms with Crippen LogP contribution in [0.5, 0.6) is 0 Å². The molecule has 2 rings (SSSR count). The fourth-order valence-corrected chi connectivity index (χ4v) is 3.69. The second kappa shape index (κ2) is 6.03. The van der Waals surface area contributed by atoms with Gasteiger partial charge in [-0.3, -0.25) is 9.40 Å². The van der Waals surface area contributed by atoms with Crippen LogP contribution in [0.4, 0.5) is 5.69 Å². The molecule has 0 saturated heterocycles. The van der Waals surface area contributed by atoms with Crippen molar-refractivity contribution in [1.29, 1.82) is 0 Å². The highest BCUT2D eigenvalue weighted by Gasteiger charge is 2.22. The van der Waals surface area contributed by atoms with Crippen LogP contribution in [-0.2, 0) is 23.5 Å². The maximum Gasteiger partial charge on any atom is 0.280 e. The molecule has 0 aliphatic carbocycles. The molecule has 0 unspecified atom stereocenters. The van der Waals surface area contributed by atoms with Gasteiger partial charge < -0.3 is 0 Å². The first-order valence-electron chi connectivity index (χ1n) is 5.79. The van der Waals surface area contributed by atoms with Crippen LogP contribution in [0, 0.1) is 0 Å². The van der Waals surface area contributed by atoms with Crippen LogP contribution in [-0.4, -0.2) is 24.1 Å². The normalized spacial score (nSPS) is 11.6. The Morgan fingerprint density at radius 3 is 2.45 bits per heavy atom. The number of benzene rings is 1. The fraction of sp³-hybridized carbons (Fsp3) is 0.250. The minimum Gasteiger partial charge on any atom is -0.278 e. The van der Waals surface area contributed by atoms with Gasteiger partial charge in [-0.2, -0.15) is 13.5 Å². The van der Waals surface area contributed by atoms with Gasteiger partial charge in [-0.25, -0.2) is 0 Å². The van der Waals surface area contributed by atoms with Crippen molar-refractivity contribution in [3.8, 4) is 0 Å². The zero-order valence-electron chi connectivity index (χ0n) is 10.7. The standard InChI is InChI=1S/C12H13Cl2N3O2S/c1-17-12(11(14)8-15-17)20(18,19)16-10-4-2-9(3-5-10)6-7-13/h2-5,8,16H,6-7H2,1H3. The van der Waals surface area contributed by atoms with E-state index in [2.05, 4.69) is 9.82 Å². The van der Waals surface area contributed by atoms with E-state index in [-0.39, 0.29) is 10.0 Å². The number of alkyl halides is 1. The van der Waals surface area contributed by atoms with E-state index in [9.17, 15) is 8.42 Å². The Bertz CT molecular complexity index is 676.